The number of nitrogens with two attached hydrogens (primary N) is 1. The van der Waals surface area contributed by atoms with Crippen LogP contribution in [0.25, 0.3) is 0 Å². The van der Waals surface area contributed by atoms with Crippen LogP contribution in [0.2, 0.25) is 0 Å². The summed E-state index contributed by atoms with van der Waals surface area (Å²) in [6, 6.07) is 0. The number of nitrogens with one attached hydrogen (secondary N) is 1. The molecule has 4 N–H and O–H groups in total. The van der Waals surface area contributed by atoms with Gasteiger partial charge in [0.25, 0.3) is 0 Å². The summed E-state index contributed by atoms with van der Waals surface area (Å²) in [5.41, 5.74) is 0. The first-order valence-corrected chi connectivity index (χ1v) is 3.75. The molecule has 0 spiro atoms. The summed E-state index contributed by atoms with van der Waals surface area (Å²) < 4.78 is 0. The van der Waals surface area contributed by atoms with Crippen molar-refractivity contribution >= 4 is 0 Å². The van der Waals surface area contributed by atoms with E-state index in [-0.39, 0.29) is 6.61 Å². The van der Waals surface area contributed by atoms with Crippen LogP contribution >= 0.6 is 0 Å². The van der Waals surface area contributed by atoms with Gasteiger partial charge in [-0.15, -0.1) is 0 Å². The van der Waals surface area contributed by atoms with Gasteiger partial charge in [-0.25, -0.2) is 0 Å². The normalized spacial score (nSPS) is 13.5. The summed E-state index contributed by atoms with van der Waals surface area (Å²) in [5.74, 6) is 0. The maximum Gasteiger partial charge on any atom is 0.127 e. The first-order chi connectivity index (χ1) is 4.81. The Morgan fingerprint density at radius 1 is 1.50 bits per heavy atom. The molecule has 1 unspecified atom stereocenters. The van der Waals surface area contributed by atoms with E-state index in [2.05, 4.69) is 12.4 Å². The lowest BCUT2D eigenvalue weighted by Crippen LogP contribution is -3.11. The average Bonchev–Trinajstić information content (AvgIpc) is 1.98. The Morgan fingerprint density at radius 2 is 2.20 bits per heavy atom. The summed E-state index contributed by atoms with van der Waals surface area (Å²) in [6.07, 6.45) is 0. The van der Waals surface area contributed by atoms with Crippen LogP contribution in [-0.4, -0.2) is 44.9 Å². The third-order valence-electron chi connectivity index (χ3n) is 1.46. The van der Waals surface area contributed by atoms with E-state index in [4.69, 9.17) is 12.0 Å². The molecule has 1 atom stereocenters. The van der Waals surface area contributed by atoms with Gasteiger partial charge in [-0.05, 0) is 0 Å². The Kier molecular flexibility index (Phi) is 6.91. The van der Waals surface area contributed by atoms with Gasteiger partial charge in [-0.2, -0.15) is 0 Å². The number of hydrogen-bond acceptors (Lipinski definition) is 1. The molecule has 0 fully saturated rings. The molecule has 0 saturated heterocycles. The quantitative estimate of drug-likeness (QED) is 0.339. The molecule has 3 heteroatoms. The molecule has 0 aliphatic heterocycles. The minimum absolute atomic E-state index is 0.266. The number of aliphatic hydroxyl groups is 1. The maximum absolute atomic E-state index is 8.43. The van der Waals surface area contributed by atoms with Crippen molar-refractivity contribution < 1.29 is 15.3 Å². The van der Waals surface area contributed by atoms with Gasteiger partial charge >= 0.3 is 0 Å². The molecule has 0 aromatic heterocycles. The monoisotopic (exact) mass is 146 g/mol. The second-order valence-corrected chi connectivity index (χ2v) is 2.50. The van der Waals surface area contributed by atoms with E-state index in [1.807, 2.05) is 0 Å². The lowest BCUT2D eigenvalue weighted by Gasteiger charge is -2.08. The number of rotatable bonds is 6. The third kappa shape index (κ3) is 6.01. The highest BCUT2D eigenvalue weighted by Gasteiger charge is 1.97. The first-order valence-electron chi connectivity index (χ1n) is 3.75. The molecular weight excluding hydrogens is 128 g/mol. The topological polar surface area (TPSA) is 41.3 Å². The predicted octanol–water partition coefficient (Wildman–Crippen LogP) is -3.23. The van der Waals surface area contributed by atoms with E-state index in [9.17, 15) is 0 Å². The van der Waals surface area contributed by atoms with Crippen molar-refractivity contribution in [3.8, 4) is 0 Å². The Labute approximate surface area is 63.0 Å². The van der Waals surface area contributed by atoms with Gasteiger partial charge in [0.05, 0.1) is 26.7 Å². The Hall–Kier alpha value is -0.120. The van der Waals surface area contributed by atoms with Crippen molar-refractivity contribution in [1.82, 2.24) is 0 Å². The number of likely N-dealkylation sites (N-methyl/N-ethyl adjacent to an activating group) is 1. The van der Waals surface area contributed by atoms with Crippen LogP contribution in [0.15, 0.2) is 0 Å². The van der Waals surface area contributed by atoms with Crippen LogP contribution in [0.4, 0.5) is 0 Å². The molecule has 0 amide bonds. The van der Waals surface area contributed by atoms with E-state index in [0.717, 1.165) is 19.6 Å². The molecule has 60 valence electrons. The van der Waals surface area contributed by atoms with Gasteiger partial charge in [-0.3, -0.25) is 0 Å². The van der Waals surface area contributed by atoms with Gasteiger partial charge in [0.1, 0.15) is 13.1 Å². The molecule has 0 aliphatic carbocycles. The lowest BCUT2D eigenvalue weighted by atomic mass is 10.5. The molecule has 0 rings (SSSR count). The predicted molar refractivity (Wildman–Crippen MR) is 39.7 cm³/mol. The largest absolute Gasteiger partial charge is 0.391 e. The number of aliphatic hydroxyl groups excluding tert-OH is 1. The van der Waals surface area contributed by atoms with Crippen LogP contribution < -0.4 is 10.2 Å². The van der Waals surface area contributed by atoms with Crippen LogP contribution in [-0.2, 0) is 0 Å². The maximum atomic E-state index is 8.43. The zero-order valence-corrected chi connectivity index (χ0v) is 6.64. The van der Waals surface area contributed by atoms with Crippen molar-refractivity contribution in [3.05, 3.63) is 6.92 Å². The zero-order chi connectivity index (χ0) is 7.82. The zero-order valence-electron chi connectivity index (χ0n) is 6.64. The summed E-state index contributed by atoms with van der Waals surface area (Å²) in [6.45, 7) is 9.25. The minimum atomic E-state index is 0.266. The minimum Gasteiger partial charge on any atom is -0.391 e. The average molecular weight is 146 g/mol. The molecule has 0 aromatic carbocycles. The van der Waals surface area contributed by atoms with Gasteiger partial charge < -0.3 is 15.3 Å². The molecular formula is C7H18N2O+2. The van der Waals surface area contributed by atoms with Gasteiger partial charge in [0.2, 0.25) is 0 Å². The Morgan fingerprint density at radius 3 is 2.70 bits per heavy atom. The van der Waals surface area contributed by atoms with Crippen molar-refractivity contribution in [1.29, 1.82) is 0 Å². The van der Waals surface area contributed by atoms with Gasteiger partial charge in [0.15, 0.2) is 0 Å². The molecule has 0 aromatic rings. The fraction of sp³-hybridized carbons (Fsp3) is 0.857. The Bertz CT molecular complexity index is 68.6. The van der Waals surface area contributed by atoms with Crippen molar-refractivity contribution in [2.75, 3.05) is 39.8 Å². The number of quaternary nitrogens is 2. The Balaban J connectivity index is 2.89. The second-order valence-electron chi connectivity index (χ2n) is 2.50. The van der Waals surface area contributed by atoms with Crippen LogP contribution in [0.5, 0.6) is 0 Å². The highest BCUT2D eigenvalue weighted by Crippen LogP contribution is 1.41. The molecule has 0 bridgehead atoms. The highest BCUT2D eigenvalue weighted by atomic mass is 16.3. The SMILES string of the molecule is [CH]C[NH+](C)CC[NH2+]CCO. The van der Waals surface area contributed by atoms with E-state index in [0.29, 0.717) is 6.54 Å². The summed E-state index contributed by atoms with van der Waals surface area (Å²) in [4.78, 5) is 1.33. The second kappa shape index (κ2) is 6.99. The fourth-order valence-corrected chi connectivity index (χ4v) is 0.686. The molecule has 0 saturated carbocycles. The van der Waals surface area contributed by atoms with E-state index >= 15 is 0 Å². The molecule has 3 nitrogen and oxygen atoms in total. The van der Waals surface area contributed by atoms with Crippen molar-refractivity contribution in [2.45, 2.75) is 0 Å². The van der Waals surface area contributed by atoms with Crippen molar-refractivity contribution in [3.63, 3.8) is 0 Å². The van der Waals surface area contributed by atoms with E-state index in [1.54, 1.807) is 0 Å². The van der Waals surface area contributed by atoms with Gasteiger partial charge in [-0.1, -0.05) is 0 Å². The molecule has 0 aliphatic rings. The number of hydrogen-bond donors (Lipinski definition) is 3. The fourth-order valence-electron chi connectivity index (χ4n) is 0.686. The lowest BCUT2D eigenvalue weighted by molar-refractivity contribution is -0.888. The highest BCUT2D eigenvalue weighted by molar-refractivity contribution is 4.26. The molecule has 0 heterocycles. The van der Waals surface area contributed by atoms with Crippen LogP contribution in [0.1, 0.15) is 0 Å². The van der Waals surface area contributed by atoms with E-state index in [1.165, 1.54) is 4.90 Å². The van der Waals surface area contributed by atoms with E-state index < -0.39 is 0 Å². The summed E-state index contributed by atoms with van der Waals surface area (Å²) >= 11 is 0. The smallest absolute Gasteiger partial charge is 0.127 e. The summed E-state index contributed by atoms with van der Waals surface area (Å²) in [7, 11) is 2.06. The van der Waals surface area contributed by atoms with Crippen molar-refractivity contribution in [2.24, 2.45) is 0 Å². The third-order valence-corrected chi connectivity index (χ3v) is 1.46. The molecule has 2 radical (unpaired) electrons. The van der Waals surface area contributed by atoms with Crippen LogP contribution in [0.3, 0.4) is 0 Å². The standard InChI is InChI=1S/C7H16N2O/c1-3-9(2)6-4-8-5-7-10/h1,8,10H,3-7H2,2H3/p+2. The molecule has 10 heavy (non-hydrogen) atoms. The first kappa shape index (κ1) is 9.88. The van der Waals surface area contributed by atoms with Crippen LogP contribution in [0, 0.1) is 6.92 Å². The van der Waals surface area contributed by atoms with Gasteiger partial charge in [0, 0.05) is 6.92 Å². The summed E-state index contributed by atoms with van der Waals surface area (Å²) in [5, 5.41) is 10.5.